The van der Waals surface area contributed by atoms with Gasteiger partial charge < -0.3 is 20.9 Å². The lowest BCUT2D eigenvalue weighted by Crippen LogP contribution is -2.49. The van der Waals surface area contributed by atoms with Gasteiger partial charge in [0.25, 0.3) is 5.91 Å². The fourth-order valence-corrected chi connectivity index (χ4v) is 3.86. The van der Waals surface area contributed by atoms with Crippen LogP contribution in [-0.4, -0.2) is 42.4 Å². The van der Waals surface area contributed by atoms with Crippen LogP contribution in [0.2, 0.25) is 0 Å². The molecule has 2 aromatic carbocycles. The standard InChI is InChI=1S/C22H24N4O3/c27-20-14-26(12-11-23-20)21(28)17-7-5-15(6-8-17)13-24-22(29)25-19-10-9-16-3-1-2-4-18(16)19/h1-8,19H,9-14H2,(H,23,27)(H2,24,25,29). The van der Waals surface area contributed by atoms with Crippen molar-refractivity contribution in [2.24, 2.45) is 0 Å². The van der Waals surface area contributed by atoms with Crippen molar-refractivity contribution in [3.05, 3.63) is 70.8 Å². The van der Waals surface area contributed by atoms with E-state index in [9.17, 15) is 14.4 Å². The van der Waals surface area contributed by atoms with Crippen LogP contribution in [0.15, 0.2) is 48.5 Å². The van der Waals surface area contributed by atoms with E-state index < -0.39 is 0 Å². The lowest BCUT2D eigenvalue weighted by atomic mass is 10.1. The predicted octanol–water partition coefficient (Wildman–Crippen LogP) is 1.75. The summed E-state index contributed by atoms with van der Waals surface area (Å²) in [6.07, 6.45) is 1.90. The zero-order chi connectivity index (χ0) is 20.2. The number of benzene rings is 2. The number of hydrogen-bond acceptors (Lipinski definition) is 3. The molecule has 0 aromatic heterocycles. The van der Waals surface area contributed by atoms with Crippen LogP contribution in [0.1, 0.15) is 39.5 Å². The number of nitrogens with zero attached hydrogens (tertiary/aromatic N) is 1. The van der Waals surface area contributed by atoms with E-state index in [1.807, 2.05) is 24.3 Å². The Labute approximate surface area is 169 Å². The van der Waals surface area contributed by atoms with Crippen LogP contribution in [0, 0.1) is 0 Å². The quantitative estimate of drug-likeness (QED) is 0.740. The maximum Gasteiger partial charge on any atom is 0.315 e. The van der Waals surface area contributed by atoms with Gasteiger partial charge in [0.2, 0.25) is 5.91 Å². The van der Waals surface area contributed by atoms with Gasteiger partial charge in [0.1, 0.15) is 0 Å². The number of rotatable bonds is 4. The fraction of sp³-hybridized carbons (Fsp3) is 0.318. The largest absolute Gasteiger partial charge is 0.353 e. The van der Waals surface area contributed by atoms with Crippen molar-refractivity contribution in [3.8, 4) is 0 Å². The van der Waals surface area contributed by atoms with Crippen LogP contribution in [0.4, 0.5) is 4.79 Å². The smallest absolute Gasteiger partial charge is 0.315 e. The molecule has 0 bridgehead atoms. The first-order valence-corrected chi connectivity index (χ1v) is 9.87. The number of fused-ring (bicyclic) bond motifs is 1. The highest BCUT2D eigenvalue weighted by Gasteiger charge is 2.24. The van der Waals surface area contributed by atoms with E-state index >= 15 is 0 Å². The van der Waals surface area contributed by atoms with Crippen molar-refractivity contribution in [1.82, 2.24) is 20.9 Å². The first-order chi connectivity index (χ1) is 14.1. The fourth-order valence-electron chi connectivity index (χ4n) is 3.86. The maximum absolute atomic E-state index is 12.5. The number of nitrogens with one attached hydrogen (secondary N) is 3. The van der Waals surface area contributed by atoms with E-state index in [2.05, 4.69) is 28.1 Å². The van der Waals surface area contributed by atoms with Gasteiger partial charge in [-0.1, -0.05) is 36.4 Å². The summed E-state index contributed by atoms with van der Waals surface area (Å²) in [6, 6.07) is 15.1. The molecule has 2 aromatic rings. The molecule has 4 amide bonds. The monoisotopic (exact) mass is 392 g/mol. The van der Waals surface area contributed by atoms with E-state index in [-0.39, 0.29) is 30.4 Å². The van der Waals surface area contributed by atoms with Crippen LogP contribution in [0.25, 0.3) is 0 Å². The second-order valence-electron chi connectivity index (χ2n) is 7.39. The van der Waals surface area contributed by atoms with E-state index in [4.69, 9.17) is 0 Å². The Morgan fingerprint density at radius 2 is 1.90 bits per heavy atom. The van der Waals surface area contributed by atoms with E-state index in [0.29, 0.717) is 25.2 Å². The molecule has 7 heteroatoms. The highest BCUT2D eigenvalue weighted by molar-refractivity contribution is 5.97. The normalized spacial score (nSPS) is 18.0. The Hall–Kier alpha value is -3.35. The van der Waals surface area contributed by atoms with E-state index in [1.54, 1.807) is 17.0 Å². The number of piperazine rings is 1. The highest BCUT2D eigenvalue weighted by atomic mass is 16.2. The molecule has 1 heterocycles. The Morgan fingerprint density at radius 3 is 2.69 bits per heavy atom. The molecule has 0 radical (unpaired) electrons. The number of urea groups is 1. The van der Waals surface area contributed by atoms with Gasteiger partial charge in [-0.25, -0.2) is 4.79 Å². The van der Waals surface area contributed by atoms with Gasteiger partial charge >= 0.3 is 6.03 Å². The summed E-state index contributed by atoms with van der Waals surface area (Å²) in [6.45, 7) is 1.46. The van der Waals surface area contributed by atoms with Crippen LogP contribution in [0.5, 0.6) is 0 Å². The third kappa shape index (κ3) is 4.39. The molecule has 0 saturated carbocycles. The average molecular weight is 392 g/mol. The number of amides is 4. The molecule has 29 heavy (non-hydrogen) atoms. The molecule has 1 saturated heterocycles. The summed E-state index contributed by atoms with van der Waals surface area (Å²) < 4.78 is 0. The molecule has 1 aliphatic heterocycles. The Bertz CT molecular complexity index is 926. The summed E-state index contributed by atoms with van der Waals surface area (Å²) in [7, 11) is 0. The number of carbonyl (C=O) groups excluding carboxylic acids is 3. The van der Waals surface area contributed by atoms with Crippen LogP contribution >= 0.6 is 0 Å². The first kappa shape index (κ1) is 19.0. The number of hydrogen-bond donors (Lipinski definition) is 3. The second kappa shape index (κ2) is 8.34. The molecule has 1 atom stereocenters. The SMILES string of the molecule is O=C1CN(C(=O)c2ccc(CNC(=O)NC3CCc4ccccc43)cc2)CCN1. The predicted molar refractivity (Wildman–Crippen MR) is 108 cm³/mol. The summed E-state index contributed by atoms with van der Waals surface area (Å²) in [5.74, 6) is -0.293. The zero-order valence-corrected chi connectivity index (χ0v) is 16.1. The molecular formula is C22H24N4O3. The van der Waals surface area contributed by atoms with Crippen molar-refractivity contribution in [2.45, 2.75) is 25.4 Å². The molecule has 1 unspecified atom stereocenters. The summed E-state index contributed by atoms with van der Waals surface area (Å²) >= 11 is 0. The molecule has 0 spiro atoms. The van der Waals surface area contributed by atoms with Gasteiger partial charge in [0.05, 0.1) is 12.6 Å². The first-order valence-electron chi connectivity index (χ1n) is 9.87. The molecular weight excluding hydrogens is 368 g/mol. The highest BCUT2D eigenvalue weighted by Crippen LogP contribution is 2.30. The minimum absolute atomic E-state index is 0.0490. The van der Waals surface area contributed by atoms with E-state index in [1.165, 1.54) is 11.1 Å². The van der Waals surface area contributed by atoms with Crippen molar-refractivity contribution in [2.75, 3.05) is 19.6 Å². The van der Waals surface area contributed by atoms with Crippen molar-refractivity contribution in [1.29, 1.82) is 0 Å². The third-order valence-corrected chi connectivity index (χ3v) is 5.42. The minimum atomic E-state index is -0.203. The molecule has 4 rings (SSSR count). The maximum atomic E-state index is 12.5. The van der Waals surface area contributed by atoms with Crippen LogP contribution < -0.4 is 16.0 Å². The van der Waals surface area contributed by atoms with Crippen LogP contribution in [0.3, 0.4) is 0 Å². The summed E-state index contributed by atoms with van der Waals surface area (Å²) in [4.78, 5) is 37.8. The lowest BCUT2D eigenvalue weighted by Gasteiger charge is -2.26. The molecule has 150 valence electrons. The molecule has 7 nitrogen and oxygen atoms in total. The Kier molecular flexibility index (Phi) is 5.46. The van der Waals surface area contributed by atoms with Crippen molar-refractivity contribution < 1.29 is 14.4 Å². The van der Waals surface area contributed by atoms with Gasteiger partial charge in [-0.15, -0.1) is 0 Å². The molecule has 1 aliphatic carbocycles. The van der Waals surface area contributed by atoms with Gasteiger partial charge in [-0.2, -0.15) is 0 Å². The van der Waals surface area contributed by atoms with E-state index in [0.717, 1.165) is 18.4 Å². The average Bonchev–Trinajstić information content (AvgIpc) is 3.15. The summed E-state index contributed by atoms with van der Waals surface area (Å²) in [5.41, 5.74) is 3.93. The van der Waals surface area contributed by atoms with Gasteiger partial charge in [0, 0.05) is 25.2 Å². The summed E-state index contributed by atoms with van der Waals surface area (Å²) in [5, 5.41) is 8.62. The van der Waals surface area contributed by atoms with Crippen molar-refractivity contribution >= 4 is 17.8 Å². The third-order valence-electron chi connectivity index (χ3n) is 5.42. The second-order valence-corrected chi connectivity index (χ2v) is 7.39. The van der Waals surface area contributed by atoms with Crippen molar-refractivity contribution in [3.63, 3.8) is 0 Å². The van der Waals surface area contributed by atoms with Gasteiger partial charge in [0.15, 0.2) is 0 Å². The van der Waals surface area contributed by atoms with Gasteiger partial charge in [-0.05, 0) is 41.7 Å². The topological polar surface area (TPSA) is 90.5 Å². The molecule has 3 N–H and O–H groups in total. The minimum Gasteiger partial charge on any atom is -0.353 e. The molecule has 2 aliphatic rings. The number of aryl methyl sites for hydroxylation is 1. The molecule has 1 fully saturated rings. The Morgan fingerprint density at radius 1 is 1.10 bits per heavy atom. The zero-order valence-electron chi connectivity index (χ0n) is 16.1. The number of carbonyl (C=O) groups is 3. The van der Waals surface area contributed by atoms with Gasteiger partial charge in [-0.3, -0.25) is 9.59 Å². The Balaban J connectivity index is 1.28. The lowest BCUT2D eigenvalue weighted by molar-refractivity contribution is -0.123. The van der Waals surface area contributed by atoms with Crippen LogP contribution in [-0.2, 0) is 17.8 Å².